The molecule has 0 heterocycles. The smallest absolute Gasteiger partial charge is 0.308 e. The largest absolute Gasteiger partial charge is 0.493 e. The van der Waals surface area contributed by atoms with Crippen molar-refractivity contribution in [2.45, 2.75) is 34.1 Å². The van der Waals surface area contributed by atoms with Crippen molar-refractivity contribution in [3.05, 3.63) is 28.3 Å². The lowest BCUT2D eigenvalue weighted by Crippen LogP contribution is -2.25. The molecule has 0 saturated heterocycles. The monoisotopic (exact) mass is 374 g/mol. The van der Waals surface area contributed by atoms with Crippen molar-refractivity contribution in [2.24, 2.45) is 0 Å². The van der Waals surface area contributed by atoms with Crippen LogP contribution >= 0.6 is 0 Å². The molecule has 0 saturated carbocycles. The third-order valence-corrected chi connectivity index (χ3v) is 3.88. The fourth-order valence-corrected chi connectivity index (χ4v) is 2.80. The normalized spacial score (nSPS) is 13.2. The molecule has 0 fully saturated rings. The molecule has 142 valence electrons. The molecule has 8 nitrogen and oxygen atoms in total. The van der Waals surface area contributed by atoms with Gasteiger partial charge in [0.05, 0.1) is 18.2 Å². The van der Waals surface area contributed by atoms with E-state index >= 15 is 0 Å². The summed E-state index contributed by atoms with van der Waals surface area (Å²) < 4.78 is 15.3. The van der Waals surface area contributed by atoms with Crippen molar-refractivity contribution in [2.75, 3.05) is 7.11 Å². The Hall–Kier alpha value is -3.29. The number of fused-ring (bicyclic) bond motifs is 1. The van der Waals surface area contributed by atoms with Gasteiger partial charge in [0.1, 0.15) is 11.5 Å². The molecule has 0 bridgehead atoms. The van der Waals surface area contributed by atoms with Crippen molar-refractivity contribution in [3.8, 4) is 17.2 Å². The number of ketones is 3. The number of hydrogen-bond donors (Lipinski definition) is 0. The molecule has 1 aromatic rings. The summed E-state index contributed by atoms with van der Waals surface area (Å²) in [6, 6.07) is 1.20. The van der Waals surface area contributed by atoms with Gasteiger partial charge in [0.25, 0.3) is 0 Å². The minimum absolute atomic E-state index is 0.00423. The van der Waals surface area contributed by atoms with Gasteiger partial charge in [-0.2, -0.15) is 0 Å². The highest BCUT2D eigenvalue weighted by Crippen LogP contribution is 2.45. The predicted molar refractivity (Wildman–Crippen MR) is 92.3 cm³/mol. The molecule has 27 heavy (non-hydrogen) atoms. The van der Waals surface area contributed by atoms with E-state index in [0.717, 1.165) is 13.8 Å². The molecule has 8 heteroatoms. The molecule has 0 spiro atoms. The number of methoxy groups -OCH3 is 1. The lowest BCUT2D eigenvalue weighted by molar-refractivity contribution is -0.133. The maximum atomic E-state index is 13.1. The van der Waals surface area contributed by atoms with Gasteiger partial charge in [-0.25, -0.2) is 0 Å². The van der Waals surface area contributed by atoms with Gasteiger partial charge >= 0.3 is 11.9 Å². The lowest BCUT2D eigenvalue weighted by Gasteiger charge is -2.24. The molecule has 1 aromatic carbocycles. The Labute approximate surface area is 155 Å². The second kappa shape index (κ2) is 7.53. The minimum atomic E-state index is -0.740. The first-order chi connectivity index (χ1) is 12.6. The fourth-order valence-electron chi connectivity index (χ4n) is 2.80. The Morgan fingerprint density at radius 2 is 1.48 bits per heavy atom. The standard InChI is InChI=1S/C19H18O8/c1-8(20)6-12-9(2)17(23)15-13(26-10(3)21)7-14(25-5)19(27-11(4)22)16(15)18(12)24/h7H,6H2,1-5H3. The van der Waals surface area contributed by atoms with Gasteiger partial charge in [0.15, 0.2) is 23.1 Å². The molecule has 1 aliphatic carbocycles. The summed E-state index contributed by atoms with van der Waals surface area (Å²) in [5, 5.41) is 0. The van der Waals surface area contributed by atoms with Crippen LogP contribution in [0.1, 0.15) is 54.8 Å². The van der Waals surface area contributed by atoms with E-state index in [2.05, 4.69) is 0 Å². The van der Waals surface area contributed by atoms with E-state index in [9.17, 15) is 24.0 Å². The molecule has 0 N–H and O–H groups in total. The van der Waals surface area contributed by atoms with E-state index in [1.165, 1.54) is 27.0 Å². The van der Waals surface area contributed by atoms with Crippen LogP contribution in [-0.2, 0) is 14.4 Å². The minimum Gasteiger partial charge on any atom is -0.493 e. The number of allylic oxidation sites excluding steroid dienone is 2. The summed E-state index contributed by atoms with van der Waals surface area (Å²) >= 11 is 0. The van der Waals surface area contributed by atoms with Crippen molar-refractivity contribution < 1.29 is 38.2 Å². The molecule has 0 atom stereocenters. The summed E-state index contributed by atoms with van der Waals surface area (Å²) in [6.45, 7) is 4.96. The third-order valence-electron chi connectivity index (χ3n) is 3.88. The molecule has 0 aliphatic heterocycles. The van der Waals surface area contributed by atoms with Crippen LogP contribution in [0.5, 0.6) is 17.2 Å². The Morgan fingerprint density at radius 3 is 1.96 bits per heavy atom. The maximum absolute atomic E-state index is 13.1. The highest BCUT2D eigenvalue weighted by Gasteiger charge is 2.38. The zero-order valence-corrected chi connectivity index (χ0v) is 15.6. The van der Waals surface area contributed by atoms with Gasteiger partial charge in [0.2, 0.25) is 0 Å². The number of carbonyl (C=O) groups excluding carboxylic acids is 5. The van der Waals surface area contributed by atoms with Crippen LogP contribution in [-0.4, -0.2) is 36.4 Å². The summed E-state index contributed by atoms with van der Waals surface area (Å²) in [6.07, 6.45) is -0.254. The van der Waals surface area contributed by atoms with Crippen molar-refractivity contribution in [1.82, 2.24) is 0 Å². The summed E-state index contributed by atoms with van der Waals surface area (Å²) in [7, 11) is 1.26. The van der Waals surface area contributed by atoms with Crippen LogP contribution in [0.3, 0.4) is 0 Å². The SMILES string of the molecule is COc1cc(OC(C)=O)c2c(c1OC(C)=O)C(=O)C(CC(C)=O)=C(C)C2=O. The first-order valence-electron chi connectivity index (χ1n) is 7.98. The number of rotatable bonds is 5. The van der Waals surface area contributed by atoms with Crippen LogP contribution in [0.15, 0.2) is 17.2 Å². The topological polar surface area (TPSA) is 113 Å². The number of Topliss-reactive ketones (excluding diaryl/α,β-unsaturated/α-hetero) is 3. The summed E-state index contributed by atoms with van der Waals surface area (Å²) in [5.41, 5.74) is -0.421. The lowest BCUT2D eigenvalue weighted by atomic mass is 9.81. The third kappa shape index (κ3) is 3.79. The van der Waals surface area contributed by atoms with E-state index < -0.39 is 23.5 Å². The molecule has 0 unspecified atom stereocenters. The van der Waals surface area contributed by atoms with Crippen molar-refractivity contribution >= 4 is 29.3 Å². The highest BCUT2D eigenvalue weighted by atomic mass is 16.6. The van der Waals surface area contributed by atoms with Crippen LogP contribution in [0, 0.1) is 0 Å². The van der Waals surface area contributed by atoms with E-state index in [-0.39, 0.29) is 51.7 Å². The first kappa shape index (κ1) is 20.0. The molecule has 2 rings (SSSR count). The first-order valence-corrected chi connectivity index (χ1v) is 7.98. The van der Waals surface area contributed by atoms with Gasteiger partial charge in [0, 0.05) is 37.5 Å². The second-order valence-electron chi connectivity index (χ2n) is 5.98. The van der Waals surface area contributed by atoms with Gasteiger partial charge in [-0.1, -0.05) is 0 Å². The fraction of sp³-hybridized carbons (Fsp3) is 0.316. The Kier molecular flexibility index (Phi) is 5.58. The van der Waals surface area contributed by atoms with Crippen LogP contribution in [0.25, 0.3) is 0 Å². The molecule has 1 aliphatic rings. The number of carbonyl (C=O) groups is 5. The number of benzene rings is 1. The highest BCUT2D eigenvalue weighted by molar-refractivity contribution is 6.30. The average Bonchev–Trinajstić information content (AvgIpc) is 2.56. The Morgan fingerprint density at radius 1 is 0.889 bits per heavy atom. The van der Waals surface area contributed by atoms with Gasteiger partial charge < -0.3 is 14.2 Å². The van der Waals surface area contributed by atoms with E-state index in [0.29, 0.717) is 0 Å². The summed E-state index contributed by atoms with van der Waals surface area (Å²) in [4.78, 5) is 60.5. The van der Waals surface area contributed by atoms with Crippen molar-refractivity contribution in [3.63, 3.8) is 0 Å². The van der Waals surface area contributed by atoms with Gasteiger partial charge in [-0.15, -0.1) is 0 Å². The predicted octanol–water partition coefficient (Wildman–Crippen LogP) is 2.22. The van der Waals surface area contributed by atoms with E-state index in [1.54, 1.807) is 0 Å². The average molecular weight is 374 g/mol. The molecular weight excluding hydrogens is 356 g/mol. The molecule has 0 radical (unpaired) electrons. The molecular formula is C19H18O8. The quantitative estimate of drug-likeness (QED) is 0.569. The number of hydrogen-bond acceptors (Lipinski definition) is 8. The number of esters is 2. The van der Waals surface area contributed by atoms with Crippen molar-refractivity contribution in [1.29, 1.82) is 0 Å². The number of ether oxygens (including phenoxy) is 3. The van der Waals surface area contributed by atoms with E-state index in [1.807, 2.05) is 0 Å². The van der Waals surface area contributed by atoms with Gasteiger partial charge in [-0.05, 0) is 13.8 Å². The van der Waals surface area contributed by atoms with E-state index in [4.69, 9.17) is 14.2 Å². The second-order valence-corrected chi connectivity index (χ2v) is 5.98. The maximum Gasteiger partial charge on any atom is 0.308 e. The summed E-state index contributed by atoms with van der Waals surface area (Å²) in [5.74, 6) is -3.55. The molecule has 0 amide bonds. The zero-order valence-electron chi connectivity index (χ0n) is 15.6. The van der Waals surface area contributed by atoms with Crippen LogP contribution in [0.2, 0.25) is 0 Å². The zero-order chi connectivity index (χ0) is 20.5. The van der Waals surface area contributed by atoms with Gasteiger partial charge in [-0.3, -0.25) is 24.0 Å². The van der Waals surface area contributed by atoms with Crippen LogP contribution in [0.4, 0.5) is 0 Å². The Bertz CT molecular complexity index is 920. The Balaban J connectivity index is 2.88. The van der Waals surface area contributed by atoms with Crippen LogP contribution < -0.4 is 14.2 Å². The molecule has 0 aromatic heterocycles.